The van der Waals surface area contributed by atoms with E-state index in [0.29, 0.717) is 33.8 Å². The van der Waals surface area contributed by atoms with Crippen molar-refractivity contribution in [1.29, 1.82) is 0 Å². The van der Waals surface area contributed by atoms with Crippen LogP contribution < -0.4 is 20.1 Å². The quantitative estimate of drug-likeness (QED) is 0.491. The molecule has 0 fully saturated rings. The molecule has 9 heteroatoms. The van der Waals surface area contributed by atoms with E-state index in [0.717, 1.165) is 12.5 Å². The topological polar surface area (TPSA) is 85.9 Å². The van der Waals surface area contributed by atoms with Gasteiger partial charge < -0.3 is 19.5 Å². The molecular weight excluding hydrogens is 471 g/mol. The van der Waals surface area contributed by atoms with Crippen LogP contribution in [-0.4, -0.2) is 31.3 Å². The molecule has 2 rings (SSSR count). The summed E-state index contributed by atoms with van der Waals surface area (Å²) in [4.78, 5) is 24.7. The highest BCUT2D eigenvalue weighted by atomic mass is 79.9. The molecule has 0 atom stereocenters. The van der Waals surface area contributed by atoms with Gasteiger partial charge >= 0.3 is 6.09 Å². The number of halogens is 2. The molecule has 0 heterocycles. The number of hydrogen-bond acceptors (Lipinski definition) is 5. The molecule has 0 bridgehead atoms. The van der Waals surface area contributed by atoms with Crippen LogP contribution >= 0.6 is 15.9 Å². The highest BCUT2D eigenvalue weighted by molar-refractivity contribution is 9.10. The van der Waals surface area contributed by atoms with E-state index in [1.54, 1.807) is 32.9 Å². The van der Waals surface area contributed by atoms with Gasteiger partial charge in [-0.25, -0.2) is 9.18 Å². The molecule has 0 aliphatic heterocycles. The average molecular weight is 497 g/mol. The van der Waals surface area contributed by atoms with Gasteiger partial charge in [0, 0.05) is 11.3 Å². The number of carbonyl (C=O) groups excluding carboxylic acids is 2. The smallest absolute Gasteiger partial charge is 0.412 e. The Morgan fingerprint density at radius 2 is 1.84 bits per heavy atom. The summed E-state index contributed by atoms with van der Waals surface area (Å²) in [6.07, 6.45) is 0.0217. The summed E-state index contributed by atoms with van der Waals surface area (Å²) in [5, 5.41) is 5.02. The molecule has 168 valence electrons. The Morgan fingerprint density at radius 3 is 2.45 bits per heavy atom. The first-order valence-corrected chi connectivity index (χ1v) is 10.4. The van der Waals surface area contributed by atoms with Gasteiger partial charge in [-0.15, -0.1) is 0 Å². The monoisotopic (exact) mass is 496 g/mol. The number of carbonyl (C=O) groups is 2. The third-order valence-corrected chi connectivity index (χ3v) is 4.39. The molecular formula is C22H26BrFN2O5. The van der Waals surface area contributed by atoms with E-state index < -0.39 is 23.4 Å². The summed E-state index contributed by atoms with van der Waals surface area (Å²) in [6.45, 7) is 7.58. The van der Waals surface area contributed by atoms with Crippen LogP contribution in [0, 0.1) is 5.82 Å². The van der Waals surface area contributed by atoms with Gasteiger partial charge in [0.15, 0.2) is 11.5 Å². The van der Waals surface area contributed by atoms with Crippen molar-refractivity contribution in [3.05, 3.63) is 46.2 Å². The minimum atomic E-state index is -0.800. The fraction of sp³-hybridized carbons (Fsp3) is 0.364. The minimum absolute atomic E-state index is 0.117. The number of benzene rings is 2. The Kier molecular flexibility index (Phi) is 8.27. The predicted octanol–water partition coefficient (Wildman–Crippen LogP) is 5.98. The third kappa shape index (κ3) is 7.13. The molecule has 31 heavy (non-hydrogen) atoms. The zero-order valence-electron chi connectivity index (χ0n) is 18.1. The summed E-state index contributed by atoms with van der Waals surface area (Å²) in [6, 6.07) is 6.99. The molecule has 2 aromatic rings. The van der Waals surface area contributed by atoms with Gasteiger partial charge in [0.1, 0.15) is 11.4 Å². The summed E-state index contributed by atoms with van der Waals surface area (Å²) >= 11 is 3.40. The maximum atomic E-state index is 14.1. The zero-order chi connectivity index (χ0) is 23.2. The molecule has 0 spiro atoms. The number of anilines is 2. The maximum absolute atomic E-state index is 14.1. The normalized spacial score (nSPS) is 10.9. The van der Waals surface area contributed by atoms with Crippen molar-refractivity contribution < 1.29 is 28.2 Å². The summed E-state index contributed by atoms with van der Waals surface area (Å²) in [7, 11) is 1.48. The Bertz CT molecular complexity index is 960. The lowest BCUT2D eigenvalue weighted by Crippen LogP contribution is -2.27. The maximum Gasteiger partial charge on any atom is 0.412 e. The molecule has 0 aromatic heterocycles. The predicted molar refractivity (Wildman–Crippen MR) is 121 cm³/mol. The third-order valence-electron chi connectivity index (χ3n) is 3.80. The Balaban J connectivity index is 2.20. The molecule has 0 saturated heterocycles. The number of hydrogen-bond donors (Lipinski definition) is 2. The van der Waals surface area contributed by atoms with E-state index in [1.807, 2.05) is 6.92 Å². The number of ether oxygens (including phenoxy) is 3. The van der Waals surface area contributed by atoms with Crippen LogP contribution in [0.15, 0.2) is 34.8 Å². The average Bonchev–Trinajstić information content (AvgIpc) is 2.67. The second kappa shape index (κ2) is 10.5. The molecule has 0 saturated carbocycles. The van der Waals surface area contributed by atoms with Crippen LogP contribution in [0.1, 0.15) is 44.5 Å². The molecule has 7 nitrogen and oxygen atoms in total. The van der Waals surface area contributed by atoms with Gasteiger partial charge in [-0.1, -0.05) is 6.92 Å². The van der Waals surface area contributed by atoms with Crippen LogP contribution in [0.25, 0.3) is 0 Å². The zero-order valence-corrected chi connectivity index (χ0v) is 19.7. The first-order chi connectivity index (χ1) is 14.5. The fourth-order valence-corrected chi connectivity index (χ4v) is 3.07. The van der Waals surface area contributed by atoms with E-state index in [4.69, 9.17) is 14.2 Å². The van der Waals surface area contributed by atoms with E-state index >= 15 is 0 Å². The Labute approximate surface area is 189 Å². The Hall–Kier alpha value is -2.81. The van der Waals surface area contributed by atoms with E-state index in [9.17, 15) is 14.0 Å². The lowest BCUT2D eigenvalue weighted by Gasteiger charge is -2.20. The molecule has 2 amide bonds. The van der Waals surface area contributed by atoms with Crippen molar-refractivity contribution in [2.45, 2.75) is 39.7 Å². The molecule has 0 unspecified atom stereocenters. The van der Waals surface area contributed by atoms with Crippen molar-refractivity contribution in [3.8, 4) is 11.5 Å². The van der Waals surface area contributed by atoms with Gasteiger partial charge in [-0.3, -0.25) is 10.1 Å². The van der Waals surface area contributed by atoms with E-state index in [2.05, 4.69) is 26.6 Å². The summed E-state index contributed by atoms with van der Waals surface area (Å²) in [5.41, 5.74) is -0.252. The first kappa shape index (κ1) is 24.5. The lowest BCUT2D eigenvalue weighted by atomic mass is 10.1. The van der Waals surface area contributed by atoms with Crippen molar-refractivity contribution in [2.24, 2.45) is 0 Å². The van der Waals surface area contributed by atoms with Crippen LogP contribution in [0.5, 0.6) is 11.5 Å². The Morgan fingerprint density at radius 1 is 1.13 bits per heavy atom. The van der Waals surface area contributed by atoms with Gasteiger partial charge in [-0.2, -0.15) is 0 Å². The second-order valence-corrected chi connectivity index (χ2v) is 8.47. The molecule has 2 N–H and O–H groups in total. The number of nitrogens with one attached hydrogen (secondary N) is 2. The van der Waals surface area contributed by atoms with Crippen molar-refractivity contribution in [3.63, 3.8) is 0 Å². The molecule has 0 aliphatic rings. The van der Waals surface area contributed by atoms with Crippen LogP contribution in [0.3, 0.4) is 0 Å². The van der Waals surface area contributed by atoms with Crippen LogP contribution in [-0.2, 0) is 4.74 Å². The SMILES string of the molecule is CCCOc1c(Br)cc(C(=O)Nc2ccc(F)c(NC(=O)OC(C)(C)C)c2)cc1OC. The standard InChI is InChI=1S/C22H26BrFN2O5/c1-6-9-30-19-15(23)10-13(11-18(19)29-5)20(27)25-14-7-8-16(24)17(12-14)26-21(28)31-22(2,3)4/h7-8,10-12H,6,9H2,1-5H3,(H,25,27)(H,26,28). The van der Waals surface area contributed by atoms with Gasteiger partial charge in [0.05, 0.1) is 23.9 Å². The van der Waals surface area contributed by atoms with Crippen molar-refractivity contribution >= 4 is 39.3 Å². The number of rotatable bonds is 7. The minimum Gasteiger partial charge on any atom is -0.493 e. The summed E-state index contributed by atoms with van der Waals surface area (Å²) in [5.74, 6) is -0.201. The summed E-state index contributed by atoms with van der Waals surface area (Å²) < 4.78 is 30.8. The first-order valence-electron chi connectivity index (χ1n) is 9.65. The van der Waals surface area contributed by atoms with Gasteiger partial charge in [0.25, 0.3) is 5.91 Å². The number of amides is 2. The highest BCUT2D eigenvalue weighted by Crippen LogP contribution is 2.37. The number of methoxy groups -OCH3 is 1. The van der Waals surface area contributed by atoms with Crippen LogP contribution in [0.4, 0.5) is 20.6 Å². The van der Waals surface area contributed by atoms with E-state index in [-0.39, 0.29) is 5.69 Å². The molecule has 2 aromatic carbocycles. The van der Waals surface area contributed by atoms with Crippen LogP contribution in [0.2, 0.25) is 0 Å². The lowest BCUT2D eigenvalue weighted by molar-refractivity contribution is 0.0635. The van der Waals surface area contributed by atoms with E-state index in [1.165, 1.54) is 19.2 Å². The van der Waals surface area contributed by atoms with Gasteiger partial charge in [-0.05, 0) is 73.5 Å². The van der Waals surface area contributed by atoms with Crippen molar-refractivity contribution in [2.75, 3.05) is 24.4 Å². The van der Waals surface area contributed by atoms with Crippen molar-refractivity contribution in [1.82, 2.24) is 0 Å². The van der Waals surface area contributed by atoms with Gasteiger partial charge in [0.2, 0.25) is 0 Å². The molecule has 0 aliphatic carbocycles. The highest BCUT2D eigenvalue weighted by Gasteiger charge is 2.19. The molecule has 0 radical (unpaired) electrons. The second-order valence-electron chi connectivity index (χ2n) is 7.61. The largest absolute Gasteiger partial charge is 0.493 e. The fourth-order valence-electron chi connectivity index (χ4n) is 2.51.